The van der Waals surface area contributed by atoms with E-state index in [0.717, 1.165) is 31.4 Å². The van der Waals surface area contributed by atoms with E-state index in [1.54, 1.807) is 19.3 Å². The van der Waals surface area contributed by atoms with Crippen molar-refractivity contribution in [3.63, 3.8) is 0 Å². The Balaban J connectivity index is 1.76. The lowest BCUT2D eigenvalue weighted by Crippen LogP contribution is -2.40. The van der Waals surface area contributed by atoms with Crippen LogP contribution < -0.4 is 5.32 Å². The lowest BCUT2D eigenvalue weighted by Gasteiger charge is -2.24. The molecule has 1 aliphatic rings. The summed E-state index contributed by atoms with van der Waals surface area (Å²) in [6.07, 6.45) is 6.09. The first kappa shape index (κ1) is 14.9. The standard InChI is InChI=1S/C15H23N3O2/c1-12(19)8-14-5-3-7-18(14)11-15(20)17-10-13-4-2-6-16-9-13/h2,4,6,9,12,14,19H,3,5,7-8,10-11H2,1H3,(H,17,20). The van der Waals surface area contributed by atoms with Crippen LogP contribution in [-0.4, -0.2) is 46.1 Å². The summed E-state index contributed by atoms with van der Waals surface area (Å²) < 4.78 is 0. The third-order valence-corrected chi connectivity index (χ3v) is 3.67. The molecule has 1 saturated heterocycles. The SMILES string of the molecule is CC(O)CC1CCCN1CC(=O)NCc1cccnc1. The first-order valence-electron chi connectivity index (χ1n) is 7.23. The van der Waals surface area contributed by atoms with Crippen LogP contribution in [0.2, 0.25) is 0 Å². The minimum Gasteiger partial charge on any atom is -0.393 e. The fraction of sp³-hybridized carbons (Fsp3) is 0.600. The van der Waals surface area contributed by atoms with E-state index >= 15 is 0 Å². The summed E-state index contributed by atoms with van der Waals surface area (Å²) in [6.45, 7) is 3.68. The van der Waals surface area contributed by atoms with Gasteiger partial charge in [0.05, 0.1) is 12.6 Å². The summed E-state index contributed by atoms with van der Waals surface area (Å²) >= 11 is 0. The number of nitrogens with one attached hydrogen (secondary N) is 1. The van der Waals surface area contributed by atoms with Gasteiger partial charge >= 0.3 is 0 Å². The Labute approximate surface area is 120 Å². The van der Waals surface area contributed by atoms with Crippen molar-refractivity contribution in [2.75, 3.05) is 13.1 Å². The molecule has 2 heterocycles. The molecule has 2 rings (SSSR count). The Morgan fingerprint density at radius 3 is 3.20 bits per heavy atom. The van der Waals surface area contributed by atoms with Gasteiger partial charge in [-0.2, -0.15) is 0 Å². The molecule has 2 atom stereocenters. The third kappa shape index (κ3) is 4.58. The van der Waals surface area contributed by atoms with E-state index < -0.39 is 0 Å². The first-order valence-corrected chi connectivity index (χ1v) is 7.23. The number of likely N-dealkylation sites (tertiary alicyclic amines) is 1. The predicted molar refractivity (Wildman–Crippen MR) is 77.0 cm³/mol. The van der Waals surface area contributed by atoms with Crippen molar-refractivity contribution < 1.29 is 9.90 Å². The van der Waals surface area contributed by atoms with Crippen LogP contribution in [0, 0.1) is 0 Å². The Morgan fingerprint density at radius 1 is 1.65 bits per heavy atom. The molecule has 0 radical (unpaired) electrons. The number of hydrogen-bond donors (Lipinski definition) is 2. The molecule has 5 heteroatoms. The van der Waals surface area contributed by atoms with Crippen molar-refractivity contribution in [3.8, 4) is 0 Å². The molecule has 0 saturated carbocycles. The van der Waals surface area contributed by atoms with Gasteiger partial charge in [-0.1, -0.05) is 6.07 Å². The molecule has 2 unspecified atom stereocenters. The molecule has 5 nitrogen and oxygen atoms in total. The van der Waals surface area contributed by atoms with Crippen LogP contribution in [0.5, 0.6) is 0 Å². The highest BCUT2D eigenvalue weighted by Gasteiger charge is 2.26. The molecule has 1 aliphatic heterocycles. The predicted octanol–water partition coefficient (Wildman–Crippen LogP) is 0.933. The van der Waals surface area contributed by atoms with Crippen LogP contribution >= 0.6 is 0 Å². The topological polar surface area (TPSA) is 65.5 Å². The fourth-order valence-electron chi connectivity index (χ4n) is 2.71. The molecule has 1 amide bonds. The van der Waals surface area contributed by atoms with Crippen LogP contribution in [0.4, 0.5) is 0 Å². The van der Waals surface area contributed by atoms with E-state index in [-0.39, 0.29) is 12.0 Å². The molecule has 0 bridgehead atoms. The van der Waals surface area contributed by atoms with E-state index in [9.17, 15) is 9.90 Å². The lowest BCUT2D eigenvalue weighted by molar-refractivity contribution is -0.122. The zero-order valence-corrected chi connectivity index (χ0v) is 12.0. The molecule has 2 N–H and O–H groups in total. The molecule has 1 aromatic heterocycles. The number of rotatable bonds is 6. The van der Waals surface area contributed by atoms with Crippen molar-refractivity contribution in [3.05, 3.63) is 30.1 Å². The van der Waals surface area contributed by atoms with Gasteiger partial charge in [0.15, 0.2) is 0 Å². The first-order chi connectivity index (χ1) is 9.65. The van der Waals surface area contributed by atoms with E-state index in [0.29, 0.717) is 19.1 Å². The molecular weight excluding hydrogens is 254 g/mol. The minimum atomic E-state index is -0.306. The fourth-order valence-corrected chi connectivity index (χ4v) is 2.71. The summed E-state index contributed by atoms with van der Waals surface area (Å²) in [5.74, 6) is 0.0337. The van der Waals surface area contributed by atoms with Gasteiger partial charge in [-0.05, 0) is 44.4 Å². The third-order valence-electron chi connectivity index (χ3n) is 3.67. The van der Waals surface area contributed by atoms with E-state index in [1.165, 1.54) is 0 Å². The molecular formula is C15H23N3O2. The number of carbonyl (C=O) groups excluding carboxylic acids is 1. The van der Waals surface area contributed by atoms with Crippen LogP contribution in [-0.2, 0) is 11.3 Å². The Kier molecular flexibility index (Phi) is 5.49. The van der Waals surface area contributed by atoms with Gasteiger partial charge in [0.2, 0.25) is 5.91 Å². The number of aliphatic hydroxyl groups excluding tert-OH is 1. The highest BCUT2D eigenvalue weighted by molar-refractivity contribution is 5.78. The summed E-state index contributed by atoms with van der Waals surface area (Å²) in [4.78, 5) is 18.2. The number of nitrogens with zero attached hydrogens (tertiary/aromatic N) is 2. The van der Waals surface area contributed by atoms with Gasteiger partial charge in [-0.25, -0.2) is 0 Å². The maximum absolute atomic E-state index is 12.0. The average Bonchev–Trinajstić information content (AvgIpc) is 2.84. The molecule has 0 aliphatic carbocycles. The zero-order chi connectivity index (χ0) is 14.4. The average molecular weight is 277 g/mol. The Bertz CT molecular complexity index is 422. The quantitative estimate of drug-likeness (QED) is 0.812. The van der Waals surface area contributed by atoms with E-state index in [2.05, 4.69) is 15.2 Å². The van der Waals surface area contributed by atoms with Crippen molar-refractivity contribution in [2.24, 2.45) is 0 Å². The number of amides is 1. The van der Waals surface area contributed by atoms with Gasteiger partial charge in [-0.3, -0.25) is 14.7 Å². The normalized spacial score (nSPS) is 20.8. The van der Waals surface area contributed by atoms with E-state index in [1.807, 2.05) is 12.1 Å². The van der Waals surface area contributed by atoms with Gasteiger partial charge in [-0.15, -0.1) is 0 Å². The number of pyridine rings is 1. The van der Waals surface area contributed by atoms with Crippen LogP contribution in [0.1, 0.15) is 31.7 Å². The van der Waals surface area contributed by atoms with Crippen LogP contribution in [0.15, 0.2) is 24.5 Å². The second kappa shape index (κ2) is 7.36. The summed E-state index contributed by atoms with van der Waals surface area (Å²) in [5, 5.41) is 12.4. The Morgan fingerprint density at radius 2 is 2.50 bits per heavy atom. The maximum Gasteiger partial charge on any atom is 0.234 e. The number of aromatic nitrogens is 1. The summed E-state index contributed by atoms with van der Waals surface area (Å²) in [7, 11) is 0. The second-order valence-electron chi connectivity index (χ2n) is 5.49. The number of carbonyl (C=O) groups is 1. The number of aliphatic hydroxyl groups is 1. The highest BCUT2D eigenvalue weighted by Crippen LogP contribution is 2.20. The molecule has 1 aromatic rings. The maximum atomic E-state index is 12.0. The lowest BCUT2D eigenvalue weighted by atomic mass is 10.1. The smallest absolute Gasteiger partial charge is 0.234 e. The monoisotopic (exact) mass is 277 g/mol. The van der Waals surface area contributed by atoms with Gasteiger partial charge in [0.25, 0.3) is 0 Å². The van der Waals surface area contributed by atoms with Crippen molar-refractivity contribution in [2.45, 2.75) is 44.9 Å². The second-order valence-corrected chi connectivity index (χ2v) is 5.49. The minimum absolute atomic E-state index is 0.0337. The summed E-state index contributed by atoms with van der Waals surface area (Å²) in [6, 6.07) is 4.14. The van der Waals surface area contributed by atoms with Crippen molar-refractivity contribution in [1.82, 2.24) is 15.2 Å². The van der Waals surface area contributed by atoms with Crippen molar-refractivity contribution >= 4 is 5.91 Å². The molecule has 0 aromatic carbocycles. The number of hydrogen-bond acceptors (Lipinski definition) is 4. The van der Waals surface area contributed by atoms with Gasteiger partial charge in [0, 0.05) is 25.0 Å². The largest absolute Gasteiger partial charge is 0.393 e. The Hall–Kier alpha value is -1.46. The van der Waals surface area contributed by atoms with E-state index in [4.69, 9.17) is 0 Å². The highest BCUT2D eigenvalue weighted by atomic mass is 16.3. The molecule has 110 valence electrons. The molecule has 0 spiro atoms. The summed E-state index contributed by atoms with van der Waals surface area (Å²) in [5.41, 5.74) is 1.00. The van der Waals surface area contributed by atoms with Crippen LogP contribution in [0.25, 0.3) is 0 Å². The van der Waals surface area contributed by atoms with Gasteiger partial charge in [0.1, 0.15) is 0 Å². The molecule has 1 fully saturated rings. The van der Waals surface area contributed by atoms with Gasteiger partial charge < -0.3 is 10.4 Å². The van der Waals surface area contributed by atoms with Crippen molar-refractivity contribution in [1.29, 1.82) is 0 Å². The zero-order valence-electron chi connectivity index (χ0n) is 12.0. The van der Waals surface area contributed by atoms with Crippen LogP contribution in [0.3, 0.4) is 0 Å². The molecule has 20 heavy (non-hydrogen) atoms.